The highest BCUT2D eigenvalue weighted by atomic mass is 16.4. The lowest BCUT2D eigenvalue weighted by Crippen LogP contribution is -2.30. The zero-order valence-electron chi connectivity index (χ0n) is 9.66. The number of benzene rings is 1. The molecule has 1 fully saturated rings. The van der Waals surface area contributed by atoms with Crippen LogP contribution in [0.5, 0.6) is 0 Å². The average molecular weight is 247 g/mol. The van der Waals surface area contributed by atoms with Crippen molar-refractivity contribution in [2.75, 3.05) is 11.9 Å². The SMILES string of the molecule is NCC1(C(=O)Nc2ccc3[nH]c(=O)oc3c2)CC1. The van der Waals surface area contributed by atoms with E-state index < -0.39 is 11.2 Å². The molecule has 94 valence electrons. The normalized spacial score (nSPS) is 16.7. The molecule has 1 aromatic heterocycles. The van der Waals surface area contributed by atoms with Crippen molar-refractivity contribution in [3.63, 3.8) is 0 Å². The summed E-state index contributed by atoms with van der Waals surface area (Å²) in [4.78, 5) is 25.5. The van der Waals surface area contributed by atoms with Crippen molar-refractivity contribution < 1.29 is 9.21 Å². The van der Waals surface area contributed by atoms with Crippen molar-refractivity contribution in [3.05, 3.63) is 28.7 Å². The summed E-state index contributed by atoms with van der Waals surface area (Å²) < 4.78 is 4.93. The molecule has 1 aliphatic rings. The summed E-state index contributed by atoms with van der Waals surface area (Å²) in [5.41, 5.74) is 6.84. The monoisotopic (exact) mass is 247 g/mol. The van der Waals surface area contributed by atoms with Gasteiger partial charge in [-0.3, -0.25) is 9.78 Å². The molecule has 3 rings (SSSR count). The van der Waals surface area contributed by atoms with E-state index in [0.29, 0.717) is 23.3 Å². The van der Waals surface area contributed by atoms with Crippen LogP contribution in [0.4, 0.5) is 5.69 Å². The van der Waals surface area contributed by atoms with E-state index in [-0.39, 0.29) is 5.91 Å². The number of aromatic amines is 1. The fraction of sp³-hybridized carbons (Fsp3) is 0.333. The van der Waals surface area contributed by atoms with Crippen molar-refractivity contribution in [1.82, 2.24) is 4.98 Å². The predicted octanol–water partition coefficient (Wildman–Crippen LogP) is 0.798. The summed E-state index contributed by atoms with van der Waals surface area (Å²) in [5, 5.41) is 2.80. The Morgan fingerprint density at radius 3 is 2.94 bits per heavy atom. The number of carbonyl (C=O) groups is 1. The largest absolute Gasteiger partial charge is 0.417 e. The van der Waals surface area contributed by atoms with Gasteiger partial charge >= 0.3 is 5.76 Å². The number of amides is 1. The molecule has 0 bridgehead atoms. The first-order chi connectivity index (χ1) is 8.63. The number of fused-ring (bicyclic) bond motifs is 1. The van der Waals surface area contributed by atoms with Crippen LogP contribution in [0.25, 0.3) is 11.1 Å². The van der Waals surface area contributed by atoms with Crippen molar-refractivity contribution in [1.29, 1.82) is 0 Å². The third-order valence-electron chi connectivity index (χ3n) is 3.40. The van der Waals surface area contributed by atoms with Crippen LogP contribution >= 0.6 is 0 Å². The second-order valence-electron chi connectivity index (χ2n) is 4.66. The maximum atomic E-state index is 12.0. The van der Waals surface area contributed by atoms with Crippen LogP contribution in [0.2, 0.25) is 0 Å². The number of aromatic nitrogens is 1. The Hall–Kier alpha value is -2.08. The number of H-pyrrole nitrogens is 1. The second-order valence-corrected chi connectivity index (χ2v) is 4.66. The fourth-order valence-electron chi connectivity index (χ4n) is 1.96. The number of nitrogens with one attached hydrogen (secondary N) is 2. The van der Waals surface area contributed by atoms with Gasteiger partial charge in [0.2, 0.25) is 5.91 Å². The van der Waals surface area contributed by atoms with Crippen LogP contribution < -0.4 is 16.8 Å². The summed E-state index contributed by atoms with van der Waals surface area (Å²) in [7, 11) is 0. The van der Waals surface area contributed by atoms with Gasteiger partial charge in [0.05, 0.1) is 10.9 Å². The standard InChI is InChI=1S/C12H13N3O3/c13-6-12(3-4-12)10(16)14-7-1-2-8-9(5-7)18-11(17)15-8/h1-2,5H,3-4,6,13H2,(H,14,16)(H,15,17). The van der Waals surface area contributed by atoms with Crippen LogP contribution in [-0.4, -0.2) is 17.4 Å². The van der Waals surface area contributed by atoms with Gasteiger partial charge in [-0.05, 0) is 25.0 Å². The van der Waals surface area contributed by atoms with Gasteiger partial charge < -0.3 is 15.5 Å². The molecule has 0 saturated heterocycles. The Labute approximate surface area is 102 Å². The van der Waals surface area contributed by atoms with Gasteiger partial charge in [-0.1, -0.05) is 0 Å². The molecule has 0 spiro atoms. The molecule has 1 aromatic carbocycles. The molecule has 1 saturated carbocycles. The Morgan fingerprint density at radius 2 is 2.28 bits per heavy atom. The van der Waals surface area contributed by atoms with Crippen LogP contribution in [0.1, 0.15) is 12.8 Å². The third-order valence-corrected chi connectivity index (χ3v) is 3.40. The summed E-state index contributed by atoms with van der Waals surface area (Å²) in [6, 6.07) is 5.04. The molecular formula is C12H13N3O3. The van der Waals surface area contributed by atoms with E-state index in [9.17, 15) is 9.59 Å². The smallest absolute Gasteiger partial charge is 0.408 e. The van der Waals surface area contributed by atoms with Gasteiger partial charge in [-0.15, -0.1) is 0 Å². The first-order valence-electron chi connectivity index (χ1n) is 5.77. The molecular weight excluding hydrogens is 234 g/mol. The summed E-state index contributed by atoms with van der Waals surface area (Å²) >= 11 is 0. The highest BCUT2D eigenvalue weighted by Gasteiger charge is 2.48. The number of oxazole rings is 1. The minimum atomic E-state index is -0.505. The second kappa shape index (κ2) is 3.71. The molecule has 18 heavy (non-hydrogen) atoms. The zero-order chi connectivity index (χ0) is 12.8. The lowest BCUT2D eigenvalue weighted by molar-refractivity contribution is -0.120. The van der Waals surface area contributed by atoms with Crippen LogP contribution in [0.15, 0.2) is 27.4 Å². The molecule has 6 heteroatoms. The zero-order valence-corrected chi connectivity index (χ0v) is 9.66. The lowest BCUT2D eigenvalue weighted by Gasteiger charge is -2.12. The molecule has 1 aliphatic carbocycles. The lowest BCUT2D eigenvalue weighted by atomic mass is 10.1. The molecule has 0 unspecified atom stereocenters. The first-order valence-corrected chi connectivity index (χ1v) is 5.77. The van der Waals surface area contributed by atoms with Gasteiger partial charge in [0.15, 0.2) is 5.58 Å². The quantitative estimate of drug-likeness (QED) is 0.746. The maximum Gasteiger partial charge on any atom is 0.417 e. The topological polar surface area (TPSA) is 101 Å². The number of hydrogen-bond acceptors (Lipinski definition) is 4. The molecule has 6 nitrogen and oxygen atoms in total. The fourth-order valence-corrected chi connectivity index (χ4v) is 1.96. The van der Waals surface area contributed by atoms with E-state index in [4.69, 9.17) is 10.2 Å². The molecule has 0 aliphatic heterocycles. The van der Waals surface area contributed by atoms with Gasteiger partial charge in [0, 0.05) is 18.3 Å². The average Bonchev–Trinajstić information content (AvgIpc) is 3.06. The number of anilines is 1. The number of hydrogen-bond donors (Lipinski definition) is 3. The predicted molar refractivity (Wildman–Crippen MR) is 66.2 cm³/mol. The summed E-state index contributed by atoms with van der Waals surface area (Å²) in [6.07, 6.45) is 1.66. The van der Waals surface area contributed by atoms with E-state index in [1.54, 1.807) is 18.2 Å². The van der Waals surface area contributed by atoms with Crippen LogP contribution in [0.3, 0.4) is 0 Å². The number of rotatable bonds is 3. The third kappa shape index (κ3) is 1.70. The highest BCUT2D eigenvalue weighted by Crippen LogP contribution is 2.45. The van der Waals surface area contributed by atoms with Gasteiger partial charge in [0.1, 0.15) is 0 Å². The summed E-state index contributed by atoms with van der Waals surface area (Å²) in [6.45, 7) is 0.361. The highest BCUT2D eigenvalue weighted by molar-refractivity contribution is 5.98. The Bertz CT molecular complexity index is 667. The maximum absolute atomic E-state index is 12.0. The Kier molecular flexibility index (Phi) is 2.27. The number of nitrogens with two attached hydrogens (primary N) is 1. The first kappa shape index (κ1) is 11.0. The summed E-state index contributed by atoms with van der Waals surface area (Å²) in [5.74, 6) is -0.573. The van der Waals surface area contributed by atoms with Crippen LogP contribution in [-0.2, 0) is 4.79 Å². The van der Waals surface area contributed by atoms with Crippen LogP contribution in [0, 0.1) is 5.41 Å². The minimum absolute atomic E-state index is 0.0674. The molecule has 0 radical (unpaired) electrons. The molecule has 1 amide bonds. The van der Waals surface area contributed by atoms with Crippen molar-refractivity contribution in [2.24, 2.45) is 11.1 Å². The van der Waals surface area contributed by atoms with E-state index in [1.165, 1.54) is 0 Å². The minimum Gasteiger partial charge on any atom is -0.408 e. The van der Waals surface area contributed by atoms with Crippen molar-refractivity contribution in [3.8, 4) is 0 Å². The molecule has 1 heterocycles. The van der Waals surface area contributed by atoms with Gasteiger partial charge in [0.25, 0.3) is 0 Å². The van der Waals surface area contributed by atoms with E-state index in [2.05, 4.69) is 10.3 Å². The van der Waals surface area contributed by atoms with E-state index >= 15 is 0 Å². The molecule has 4 N–H and O–H groups in total. The Morgan fingerprint density at radius 1 is 1.50 bits per heavy atom. The van der Waals surface area contributed by atoms with E-state index in [0.717, 1.165) is 12.8 Å². The van der Waals surface area contributed by atoms with Gasteiger partial charge in [-0.2, -0.15) is 0 Å². The molecule has 0 atom stereocenters. The van der Waals surface area contributed by atoms with E-state index in [1.807, 2.05) is 0 Å². The molecule has 2 aromatic rings. The van der Waals surface area contributed by atoms with Gasteiger partial charge in [-0.25, -0.2) is 4.79 Å². The number of carbonyl (C=O) groups excluding carboxylic acids is 1. The Balaban J connectivity index is 1.86. The van der Waals surface area contributed by atoms with Crippen molar-refractivity contribution in [2.45, 2.75) is 12.8 Å². The van der Waals surface area contributed by atoms with Crippen molar-refractivity contribution >= 4 is 22.7 Å².